The number of aryl methyl sites for hydroxylation is 2. The van der Waals surface area contributed by atoms with Crippen LogP contribution in [0.2, 0.25) is 0 Å². The lowest BCUT2D eigenvalue weighted by Crippen LogP contribution is -2.55. The minimum absolute atomic E-state index is 0.0690. The summed E-state index contributed by atoms with van der Waals surface area (Å²) < 4.78 is 1.79. The molecule has 1 unspecified atom stereocenters. The third-order valence-corrected chi connectivity index (χ3v) is 6.20. The van der Waals surface area contributed by atoms with Crippen molar-refractivity contribution in [2.45, 2.75) is 59.3 Å². The number of hydrogen-bond donors (Lipinski definition) is 0. The van der Waals surface area contributed by atoms with Gasteiger partial charge in [0.1, 0.15) is 0 Å². The number of amides is 2. The maximum atomic E-state index is 13.2. The van der Waals surface area contributed by atoms with Gasteiger partial charge in [-0.25, -0.2) is 0 Å². The second kappa shape index (κ2) is 7.41. The molecule has 1 atom stereocenters. The summed E-state index contributed by atoms with van der Waals surface area (Å²) in [5.74, 6) is 0.385. The van der Waals surface area contributed by atoms with E-state index in [1.807, 2.05) is 30.7 Å². The van der Waals surface area contributed by atoms with Crippen LogP contribution in [0, 0.1) is 19.3 Å². The van der Waals surface area contributed by atoms with Crippen LogP contribution in [0.5, 0.6) is 0 Å². The molecule has 6 nitrogen and oxygen atoms in total. The van der Waals surface area contributed by atoms with Crippen molar-refractivity contribution >= 4 is 11.8 Å². The van der Waals surface area contributed by atoms with Crippen LogP contribution in [0.25, 0.3) is 0 Å². The van der Waals surface area contributed by atoms with Gasteiger partial charge in [0.25, 0.3) is 5.91 Å². The first-order valence-electron chi connectivity index (χ1n) is 9.94. The van der Waals surface area contributed by atoms with Crippen molar-refractivity contribution in [2.24, 2.45) is 12.5 Å². The molecule has 3 rings (SSSR count). The Labute approximate surface area is 156 Å². The number of rotatable bonds is 4. The summed E-state index contributed by atoms with van der Waals surface area (Å²) in [5.41, 5.74) is 2.55. The average molecular weight is 361 g/mol. The van der Waals surface area contributed by atoms with Crippen molar-refractivity contribution in [2.75, 3.05) is 26.2 Å². The highest BCUT2D eigenvalue weighted by atomic mass is 16.2. The van der Waals surface area contributed by atoms with Crippen LogP contribution in [0.15, 0.2) is 0 Å². The third kappa shape index (κ3) is 3.51. The molecule has 26 heavy (non-hydrogen) atoms. The molecule has 0 saturated carbocycles. The Morgan fingerprint density at radius 3 is 2.65 bits per heavy atom. The number of likely N-dealkylation sites (tertiary alicyclic amines) is 2. The molecule has 0 aliphatic carbocycles. The highest BCUT2D eigenvalue weighted by Crippen LogP contribution is 2.39. The maximum Gasteiger partial charge on any atom is 0.257 e. The molecule has 0 radical (unpaired) electrons. The normalized spacial score (nSPS) is 23.8. The average Bonchev–Trinajstić information content (AvgIpc) is 2.87. The van der Waals surface area contributed by atoms with Crippen LogP contribution in [0.4, 0.5) is 0 Å². The van der Waals surface area contributed by atoms with E-state index in [9.17, 15) is 9.59 Å². The third-order valence-electron chi connectivity index (χ3n) is 6.20. The van der Waals surface area contributed by atoms with Gasteiger partial charge in [0.2, 0.25) is 5.91 Å². The monoisotopic (exact) mass is 360 g/mol. The largest absolute Gasteiger partial charge is 0.342 e. The quantitative estimate of drug-likeness (QED) is 0.829. The fraction of sp³-hybridized carbons (Fsp3) is 0.750. The molecule has 6 heteroatoms. The van der Waals surface area contributed by atoms with Crippen LogP contribution in [-0.2, 0) is 11.8 Å². The highest BCUT2D eigenvalue weighted by molar-refractivity contribution is 5.96. The molecule has 2 fully saturated rings. The Bertz CT molecular complexity index is 696. The van der Waals surface area contributed by atoms with Crippen LogP contribution in [0.3, 0.4) is 0 Å². The number of aromatic nitrogens is 2. The van der Waals surface area contributed by atoms with E-state index in [1.54, 1.807) is 4.68 Å². The lowest BCUT2D eigenvalue weighted by molar-refractivity contribution is -0.139. The molecule has 2 aliphatic rings. The number of carbonyl (C=O) groups excluding carboxylic acids is 2. The van der Waals surface area contributed by atoms with Gasteiger partial charge in [-0.1, -0.05) is 13.3 Å². The summed E-state index contributed by atoms with van der Waals surface area (Å²) in [5, 5.41) is 4.40. The van der Waals surface area contributed by atoms with Crippen molar-refractivity contribution in [1.29, 1.82) is 0 Å². The molecule has 144 valence electrons. The topological polar surface area (TPSA) is 58.4 Å². The summed E-state index contributed by atoms with van der Waals surface area (Å²) in [4.78, 5) is 29.5. The van der Waals surface area contributed by atoms with E-state index in [0.717, 1.165) is 75.2 Å². The van der Waals surface area contributed by atoms with E-state index in [2.05, 4.69) is 12.0 Å². The zero-order chi connectivity index (χ0) is 18.9. The summed E-state index contributed by atoms with van der Waals surface area (Å²) >= 11 is 0. The van der Waals surface area contributed by atoms with Crippen LogP contribution < -0.4 is 0 Å². The van der Waals surface area contributed by atoms with Crippen molar-refractivity contribution in [1.82, 2.24) is 19.6 Å². The van der Waals surface area contributed by atoms with Gasteiger partial charge in [-0.05, 0) is 39.5 Å². The van der Waals surface area contributed by atoms with Crippen molar-refractivity contribution in [3.05, 3.63) is 17.0 Å². The van der Waals surface area contributed by atoms with E-state index >= 15 is 0 Å². The van der Waals surface area contributed by atoms with Gasteiger partial charge in [-0.2, -0.15) is 5.10 Å². The van der Waals surface area contributed by atoms with Gasteiger partial charge in [0.15, 0.2) is 0 Å². The number of piperidine rings is 2. The first-order valence-corrected chi connectivity index (χ1v) is 9.94. The molecule has 0 N–H and O–H groups in total. The van der Waals surface area contributed by atoms with Crippen LogP contribution in [0.1, 0.15) is 67.2 Å². The Balaban J connectivity index is 1.76. The second-order valence-electron chi connectivity index (χ2n) is 8.17. The molecular formula is C20H32N4O2. The molecule has 1 spiro atoms. The first-order chi connectivity index (χ1) is 12.4. The molecule has 0 aromatic carbocycles. The van der Waals surface area contributed by atoms with Crippen LogP contribution >= 0.6 is 0 Å². The fourth-order valence-electron chi connectivity index (χ4n) is 4.61. The smallest absolute Gasteiger partial charge is 0.257 e. The predicted octanol–water partition coefficient (Wildman–Crippen LogP) is 2.68. The Kier molecular flexibility index (Phi) is 5.39. The van der Waals surface area contributed by atoms with Gasteiger partial charge in [0, 0.05) is 50.8 Å². The molecule has 2 saturated heterocycles. The number of nitrogens with zero attached hydrogens (tertiary/aromatic N) is 4. The van der Waals surface area contributed by atoms with E-state index in [1.165, 1.54) is 0 Å². The minimum Gasteiger partial charge on any atom is -0.342 e. The lowest BCUT2D eigenvalue weighted by Gasteiger charge is -2.48. The van der Waals surface area contributed by atoms with E-state index in [0.29, 0.717) is 6.42 Å². The SMILES string of the molecule is CCCCN1CC2(CCCN(C(=O)c3c(C)nn(C)c3C)C2)CCC1=O. The molecule has 1 aromatic heterocycles. The Morgan fingerprint density at radius 1 is 1.23 bits per heavy atom. The van der Waals surface area contributed by atoms with E-state index in [4.69, 9.17) is 0 Å². The lowest BCUT2D eigenvalue weighted by atomic mass is 9.73. The van der Waals surface area contributed by atoms with Crippen molar-refractivity contribution in [3.8, 4) is 0 Å². The molecule has 3 heterocycles. The minimum atomic E-state index is 0.0690. The zero-order valence-electron chi connectivity index (χ0n) is 16.7. The first kappa shape index (κ1) is 18.9. The maximum absolute atomic E-state index is 13.2. The van der Waals surface area contributed by atoms with Gasteiger partial charge >= 0.3 is 0 Å². The molecule has 2 aliphatic heterocycles. The molecular weight excluding hydrogens is 328 g/mol. The van der Waals surface area contributed by atoms with Gasteiger partial charge in [-0.3, -0.25) is 14.3 Å². The Morgan fingerprint density at radius 2 is 2.00 bits per heavy atom. The number of hydrogen-bond acceptors (Lipinski definition) is 3. The van der Waals surface area contributed by atoms with Crippen LogP contribution in [-0.4, -0.2) is 57.6 Å². The summed E-state index contributed by atoms with van der Waals surface area (Å²) in [7, 11) is 1.88. The highest BCUT2D eigenvalue weighted by Gasteiger charge is 2.43. The number of unbranched alkanes of at least 4 members (excludes halogenated alkanes) is 1. The van der Waals surface area contributed by atoms with Gasteiger partial charge in [-0.15, -0.1) is 0 Å². The van der Waals surface area contributed by atoms with Crippen molar-refractivity contribution < 1.29 is 9.59 Å². The molecule has 2 amide bonds. The Hall–Kier alpha value is -1.85. The summed E-state index contributed by atoms with van der Waals surface area (Å²) in [6.07, 6.45) is 5.80. The molecule has 1 aromatic rings. The van der Waals surface area contributed by atoms with E-state index < -0.39 is 0 Å². The fourth-order valence-corrected chi connectivity index (χ4v) is 4.61. The van der Waals surface area contributed by atoms with Gasteiger partial charge in [0.05, 0.1) is 11.3 Å². The summed E-state index contributed by atoms with van der Waals surface area (Å²) in [6, 6.07) is 0. The van der Waals surface area contributed by atoms with E-state index in [-0.39, 0.29) is 17.2 Å². The summed E-state index contributed by atoms with van der Waals surface area (Å²) in [6.45, 7) is 9.24. The van der Waals surface area contributed by atoms with Crippen molar-refractivity contribution in [3.63, 3.8) is 0 Å². The zero-order valence-corrected chi connectivity index (χ0v) is 16.7. The number of carbonyl (C=O) groups is 2. The van der Waals surface area contributed by atoms with Gasteiger partial charge < -0.3 is 9.80 Å². The molecule has 0 bridgehead atoms. The second-order valence-corrected chi connectivity index (χ2v) is 8.17. The standard InChI is InChI=1S/C20H32N4O2/c1-5-6-11-23-13-20(10-8-17(23)25)9-7-12-24(14-20)19(26)18-15(2)21-22(4)16(18)3/h5-14H2,1-4H3. The predicted molar refractivity (Wildman–Crippen MR) is 101 cm³/mol.